The molecule has 0 unspecified atom stereocenters. The van der Waals surface area contributed by atoms with Crippen molar-refractivity contribution in [1.29, 1.82) is 0 Å². The summed E-state index contributed by atoms with van der Waals surface area (Å²) in [6, 6.07) is 5.90. The lowest BCUT2D eigenvalue weighted by Crippen LogP contribution is -2.36. The van der Waals surface area contributed by atoms with Gasteiger partial charge in [0.05, 0.1) is 44.9 Å². The monoisotopic (exact) mass is 334 g/mol. The molecule has 1 aliphatic heterocycles. The quantitative estimate of drug-likeness (QED) is 0.645. The summed E-state index contributed by atoms with van der Waals surface area (Å²) in [5.74, 6) is -1.28. The summed E-state index contributed by atoms with van der Waals surface area (Å²) in [7, 11) is 2.51. The Morgan fingerprint density at radius 2 is 1.92 bits per heavy atom. The number of benzene rings is 1. The van der Waals surface area contributed by atoms with E-state index in [1.165, 1.54) is 14.2 Å². The Kier molecular flexibility index (Phi) is 6.20. The zero-order chi connectivity index (χ0) is 17.5. The number of esters is 2. The maximum Gasteiger partial charge on any atom is 0.354 e. The minimum Gasteiger partial charge on any atom is -0.466 e. The molecule has 0 aliphatic carbocycles. The molecule has 1 aromatic rings. The summed E-state index contributed by atoms with van der Waals surface area (Å²) < 4.78 is 14.7. The van der Waals surface area contributed by atoms with E-state index in [-0.39, 0.29) is 5.70 Å². The Balaban J connectivity index is 2.34. The summed E-state index contributed by atoms with van der Waals surface area (Å²) >= 11 is 0. The third-order valence-electron chi connectivity index (χ3n) is 3.64. The molecule has 0 aromatic heterocycles. The summed E-state index contributed by atoms with van der Waals surface area (Å²) in [4.78, 5) is 25.6. The van der Waals surface area contributed by atoms with Crippen LogP contribution in [0.5, 0.6) is 0 Å². The van der Waals surface area contributed by atoms with E-state index in [0.717, 1.165) is 36.1 Å². The molecule has 130 valence electrons. The largest absolute Gasteiger partial charge is 0.466 e. The summed E-state index contributed by atoms with van der Waals surface area (Å²) in [5, 5.41) is 3.00. The number of carbonyl (C=O) groups excluding carboxylic acids is 2. The van der Waals surface area contributed by atoms with Crippen molar-refractivity contribution >= 4 is 23.3 Å². The van der Waals surface area contributed by atoms with E-state index in [2.05, 4.69) is 15.0 Å². The normalized spacial score (nSPS) is 15.0. The standard InChI is InChI=1S/C17H22N2O5/c1-12-4-5-15(19-6-8-24-9-7-19)13(10-12)18-14(17(21)23-3)11-16(20)22-2/h4-5,10-11,18H,6-9H2,1-3H3/b14-11+. The third kappa shape index (κ3) is 4.48. The molecule has 0 saturated carbocycles. The summed E-state index contributed by atoms with van der Waals surface area (Å²) in [5.41, 5.74) is 2.70. The highest BCUT2D eigenvalue weighted by molar-refractivity contribution is 5.99. The van der Waals surface area contributed by atoms with Crippen LogP contribution >= 0.6 is 0 Å². The van der Waals surface area contributed by atoms with Gasteiger partial charge in [-0.3, -0.25) is 0 Å². The van der Waals surface area contributed by atoms with Crippen LogP contribution in [0.25, 0.3) is 0 Å². The topological polar surface area (TPSA) is 77.1 Å². The molecule has 0 bridgehead atoms. The van der Waals surface area contributed by atoms with E-state index < -0.39 is 11.9 Å². The van der Waals surface area contributed by atoms with Gasteiger partial charge < -0.3 is 24.4 Å². The molecular formula is C17H22N2O5. The van der Waals surface area contributed by atoms with E-state index in [4.69, 9.17) is 9.47 Å². The van der Waals surface area contributed by atoms with E-state index >= 15 is 0 Å². The van der Waals surface area contributed by atoms with Crippen molar-refractivity contribution in [2.45, 2.75) is 6.92 Å². The van der Waals surface area contributed by atoms with Crippen LogP contribution in [0.3, 0.4) is 0 Å². The molecule has 1 fully saturated rings. The van der Waals surface area contributed by atoms with Crippen LogP contribution in [0.2, 0.25) is 0 Å². The van der Waals surface area contributed by atoms with Crippen molar-refractivity contribution in [2.75, 3.05) is 50.7 Å². The number of hydrogen-bond acceptors (Lipinski definition) is 7. The van der Waals surface area contributed by atoms with E-state index in [1.54, 1.807) is 0 Å². The molecular weight excluding hydrogens is 312 g/mol. The van der Waals surface area contributed by atoms with Gasteiger partial charge in [0, 0.05) is 13.1 Å². The molecule has 0 atom stereocenters. The van der Waals surface area contributed by atoms with Crippen LogP contribution in [0.15, 0.2) is 30.0 Å². The summed E-state index contributed by atoms with van der Waals surface area (Å²) in [6.07, 6.45) is 1.08. The smallest absolute Gasteiger partial charge is 0.354 e. The number of nitrogens with zero attached hydrogens (tertiary/aromatic N) is 1. The van der Waals surface area contributed by atoms with Crippen molar-refractivity contribution in [3.63, 3.8) is 0 Å². The second-order valence-corrected chi connectivity index (χ2v) is 5.32. The molecule has 0 spiro atoms. The van der Waals surface area contributed by atoms with Crippen LogP contribution < -0.4 is 10.2 Å². The molecule has 7 nitrogen and oxygen atoms in total. The highest BCUT2D eigenvalue weighted by Crippen LogP contribution is 2.29. The number of nitrogens with one attached hydrogen (secondary N) is 1. The lowest BCUT2D eigenvalue weighted by atomic mass is 10.1. The number of morpholine rings is 1. The van der Waals surface area contributed by atoms with Gasteiger partial charge in [-0.2, -0.15) is 0 Å². The molecule has 24 heavy (non-hydrogen) atoms. The fourth-order valence-corrected chi connectivity index (χ4v) is 2.41. The number of methoxy groups -OCH3 is 2. The number of ether oxygens (including phenoxy) is 3. The minimum atomic E-state index is -0.644. The SMILES string of the molecule is COC(=O)/C=C(/Nc1cc(C)ccc1N1CCOCC1)C(=O)OC. The Morgan fingerprint density at radius 3 is 2.54 bits per heavy atom. The van der Waals surface area contributed by atoms with E-state index in [0.29, 0.717) is 13.2 Å². The fourth-order valence-electron chi connectivity index (χ4n) is 2.41. The number of aryl methyl sites for hydroxylation is 1. The number of carbonyl (C=O) groups is 2. The maximum atomic E-state index is 11.9. The molecule has 1 aliphatic rings. The molecule has 7 heteroatoms. The second kappa shape index (κ2) is 8.35. The van der Waals surface area contributed by atoms with Gasteiger partial charge in [-0.15, -0.1) is 0 Å². The van der Waals surface area contributed by atoms with Gasteiger partial charge >= 0.3 is 11.9 Å². The first-order chi connectivity index (χ1) is 11.5. The Morgan fingerprint density at radius 1 is 1.21 bits per heavy atom. The van der Waals surface area contributed by atoms with Gasteiger partial charge in [0.2, 0.25) is 0 Å². The second-order valence-electron chi connectivity index (χ2n) is 5.32. The maximum absolute atomic E-state index is 11.9. The number of anilines is 2. The van der Waals surface area contributed by atoms with Crippen molar-refractivity contribution in [3.05, 3.63) is 35.5 Å². The Labute approximate surface area is 141 Å². The van der Waals surface area contributed by atoms with Gasteiger partial charge in [0.15, 0.2) is 0 Å². The molecule has 1 saturated heterocycles. The van der Waals surface area contributed by atoms with Gasteiger partial charge in [-0.05, 0) is 24.6 Å². The summed E-state index contributed by atoms with van der Waals surface area (Å²) in [6.45, 7) is 4.76. The molecule has 0 radical (unpaired) electrons. The van der Waals surface area contributed by atoms with Crippen LogP contribution in [0.4, 0.5) is 11.4 Å². The van der Waals surface area contributed by atoms with Gasteiger partial charge in [-0.25, -0.2) is 9.59 Å². The first kappa shape index (κ1) is 17.8. The van der Waals surface area contributed by atoms with Crippen molar-refractivity contribution in [3.8, 4) is 0 Å². The molecule has 1 aromatic carbocycles. The van der Waals surface area contributed by atoms with Crippen molar-refractivity contribution in [1.82, 2.24) is 0 Å². The molecule has 2 rings (SSSR count). The predicted molar refractivity (Wildman–Crippen MR) is 89.9 cm³/mol. The van der Waals surface area contributed by atoms with Crippen LogP contribution in [0.1, 0.15) is 5.56 Å². The predicted octanol–water partition coefficient (Wildman–Crippen LogP) is 1.47. The van der Waals surface area contributed by atoms with Gasteiger partial charge in [0.25, 0.3) is 0 Å². The van der Waals surface area contributed by atoms with Gasteiger partial charge in [0.1, 0.15) is 5.70 Å². The Bertz CT molecular complexity index is 636. The van der Waals surface area contributed by atoms with Crippen molar-refractivity contribution < 1.29 is 23.8 Å². The van der Waals surface area contributed by atoms with Crippen LogP contribution in [-0.4, -0.2) is 52.5 Å². The lowest BCUT2D eigenvalue weighted by molar-refractivity contribution is -0.138. The van der Waals surface area contributed by atoms with Crippen molar-refractivity contribution in [2.24, 2.45) is 0 Å². The zero-order valence-corrected chi connectivity index (χ0v) is 14.1. The van der Waals surface area contributed by atoms with E-state index in [9.17, 15) is 9.59 Å². The highest BCUT2D eigenvalue weighted by Gasteiger charge is 2.18. The lowest BCUT2D eigenvalue weighted by Gasteiger charge is -2.31. The first-order valence-corrected chi connectivity index (χ1v) is 7.63. The van der Waals surface area contributed by atoms with E-state index in [1.807, 2.05) is 25.1 Å². The third-order valence-corrected chi connectivity index (χ3v) is 3.64. The molecule has 1 N–H and O–H groups in total. The molecule has 1 heterocycles. The zero-order valence-electron chi connectivity index (χ0n) is 14.1. The Hall–Kier alpha value is -2.54. The first-order valence-electron chi connectivity index (χ1n) is 7.63. The number of hydrogen-bond donors (Lipinski definition) is 1. The average molecular weight is 334 g/mol. The fraction of sp³-hybridized carbons (Fsp3) is 0.412. The number of rotatable bonds is 5. The van der Waals surface area contributed by atoms with Gasteiger partial charge in [-0.1, -0.05) is 6.07 Å². The minimum absolute atomic E-state index is 0.0180. The average Bonchev–Trinajstić information content (AvgIpc) is 2.61. The van der Waals surface area contributed by atoms with Crippen LogP contribution in [0, 0.1) is 6.92 Å². The van der Waals surface area contributed by atoms with Crippen LogP contribution in [-0.2, 0) is 23.8 Å². The highest BCUT2D eigenvalue weighted by atomic mass is 16.5. The molecule has 0 amide bonds.